The number of benzene rings is 2. The van der Waals surface area contributed by atoms with Crippen LogP contribution in [0.15, 0.2) is 60.7 Å². The van der Waals surface area contributed by atoms with Gasteiger partial charge in [-0.05, 0) is 55.2 Å². The van der Waals surface area contributed by atoms with Gasteiger partial charge in [0.1, 0.15) is 0 Å². The molecule has 3 nitrogen and oxygen atoms in total. The Balaban J connectivity index is 2.65. The Hall–Kier alpha value is -1.03. The van der Waals surface area contributed by atoms with E-state index in [9.17, 15) is 0 Å². The molecular formula is C21H35NO2Si3. The van der Waals surface area contributed by atoms with Gasteiger partial charge in [-0.1, -0.05) is 74.0 Å². The third-order valence-electron chi connectivity index (χ3n) is 4.75. The second kappa shape index (κ2) is 9.45. The topological polar surface area (TPSA) is 44.5 Å². The second-order valence-electron chi connectivity index (χ2n) is 8.36. The summed E-state index contributed by atoms with van der Waals surface area (Å²) in [6.07, 6.45) is 1.14. The molecule has 0 fully saturated rings. The first kappa shape index (κ1) is 22.3. The van der Waals surface area contributed by atoms with E-state index in [4.69, 9.17) is 14.0 Å². The van der Waals surface area contributed by atoms with Crippen molar-refractivity contribution in [1.82, 2.24) is 0 Å². The fourth-order valence-corrected chi connectivity index (χ4v) is 16.5. The van der Waals surface area contributed by atoms with Crippen LogP contribution in [0.5, 0.6) is 0 Å². The summed E-state index contributed by atoms with van der Waals surface area (Å²) >= 11 is 0. The summed E-state index contributed by atoms with van der Waals surface area (Å²) in [5.41, 5.74) is 5.92. The van der Waals surface area contributed by atoms with Crippen LogP contribution in [0, 0.1) is 0 Å². The van der Waals surface area contributed by atoms with Gasteiger partial charge >= 0.3 is 8.56 Å². The summed E-state index contributed by atoms with van der Waals surface area (Å²) in [7, 11) is -6.72. The molecule has 0 aromatic heterocycles. The van der Waals surface area contributed by atoms with Crippen molar-refractivity contribution in [3.8, 4) is 0 Å². The molecule has 0 amide bonds. The zero-order valence-electron chi connectivity index (χ0n) is 17.5. The van der Waals surface area contributed by atoms with Crippen molar-refractivity contribution in [1.29, 1.82) is 0 Å². The van der Waals surface area contributed by atoms with Crippen molar-refractivity contribution < 1.29 is 8.23 Å². The monoisotopic (exact) mass is 417 g/mol. The third kappa shape index (κ3) is 5.97. The van der Waals surface area contributed by atoms with E-state index in [2.05, 4.69) is 93.8 Å². The van der Waals surface area contributed by atoms with Crippen molar-refractivity contribution in [2.75, 3.05) is 6.54 Å². The van der Waals surface area contributed by atoms with Gasteiger partial charge in [0.25, 0.3) is 0 Å². The highest BCUT2D eigenvalue weighted by Crippen LogP contribution is 2.25. The van der Waals surface area contributed by atoms with Crippen LogP contribution in [-0.4, -0.2) is 31.7 Å². The Morgan fingerprint density at radius 3 is 1.48 bits per heavy atom. The lowest BCUT2D eigenvalue weighted by Crippen LogP contribution is -2.70. The molecule has 0 aliphatic carbocycles. The van der Waals surface area contributed by atoms with Crippen LogP contribution in [0.3, 0.4) is 0 Å². The molecule has 0 aliphatic heterocycles. The molecule has 2 aromatic carbocycles. The average Bonchev–Trinajstić information content (AvgIpc) is 2.62. The molecule has 6 heteroatoms. The van der Waals surface area contributed by atoms with Crippen LogP contribution in [0.25, 0.3) is 0 Å². The Bertz CT molecular complexity index is 632. The molecule has 0 saturated heterocycles. The van der Waals surface area contributed by atoms with Gasteiger partial charge in [-0.2, -0.15) is 0 Å². The lowest BCUT2D eigenvalue weighted by atomic mass is 10.4. The molecule has 0 unspecified atom stereocenters. The highest BCUT2D eigenvalue weighted by atomic mass is 28.5. The molecule has 2 rings (SSSR count). The van der Waals surface area contributed by atoms with Crippen molar-refractivity contribution in [3.05, 3.63) is 60.7 Å². The average molecular weight is 418 g/mol. The SMILES string of the molecule is CCC[Si](C)(C)O[Si](O[Si](C)(C)CCN)(c1ccccc1)c1ccccc1. The van der Waals surface area contributed by atoms with E-state index in [-0.39, 0.29) is 0 Å². The minimum atomic E-state index is -2.83. The van der Waals surface area contributed by atoms with E-state index in [0.717, 1.165) is 18.5 Å². The number of nitrogens with two attached hydrogens (primary N) is 1. The van der Waals surface area contributed by atoms with Gasteiger partial charge in [0.15, 0.2) is 16.6 Å². The summed E-state index contributed by atoms with van der Waals surface area (Å²) in [4.78, 5) is 0. The van der Waals surface area contributed by atoms with Gasteiger partial charge in [-0.25, -0.2) is 0 Å². The molecule has 2 aromatic rings. The lowest BCUT2D eigenvalue weighted by Gasteiger charge is -2.43. The third-order valence-corrected chi connectivity index (χ3v) is 16.9. The fourth-order valence-electron chi connectivity index (χ4n) is 3.57. The molecule has 148 valence electrons. The minimum Gasteiger partial charge on any atom is -0.430 e. The molecule has 27 heavy (non-hydrogen) atoms. The molecule has 0 radical (unpaired) electrons. The van der Waals surface area contributed by atoms with Crippen molar-refractivity contribution in [2.45, 2.75) is 51.6 Å². The maximum Gasteiger partial charge on any atom is 0.386 e. The van der Waals surface area contributed by atoms with Gasteiger partial charge in [0.2, 0.25) is 0 Å². The molecule has 0 spiro atoms. The molecule has 0 aliphatic rings. The molecule has 0 bridgehead atoms. The van der Waals surface area contributed by atoms with E-state index in [1.807, 2.05) is 0 Å². The van der Waals surface area contributed by atoms with Crippen LogP contribution in [0.1, 0.15) is 13.3 Å². The summed E-state index contributed by atoms with van der Waals surface area (Å²) in [5, 5.41) is 2.40. The van der Waals surface area contributed by atoms with Gasteiger partial charge in [0.05, 0.1) is 0 Å². The van der Waals surface area contributed by atoms with Crippen molar-refractivity contribution in [2.24, 2.45) is 5.73 Å². The normalized spacial score (nSPS) is 13.0. The molecule has 0 atom stereocenters. The summed E-state index contributed by atoms with van der Waals surface area (Å²) in [6.45, 7) is 12.1. The van der Waals surface area contributed by atoms with E-state index in [1.54, 1.807) is 0 Å². The Kier molecular flexibility index (Phi) is 7.79. The Morgan fingerprint density at radius 2 is 1.11 bits per heavy atom. The van der Waals surface area contributed by atoms with E-state index in [1.165, 1.54) is 10.4 Å². The summed E-state index contributed by atoms with van der Waals surface area (Å²) < 4.78 is 14.3. The van der Waals surface area contributed by atoms with Gasteiger partial charge in [-0.15, -0.1) is 0 Å². The van der Waals surface area contributed by atoms with Gasteiger partial charge in [0, 0.05) is 0 Å². The largest absolute Gasteiger partial charge is 0.430 e. The van der Waals surface area contributed by atoms with Gasteiger partial charge < -0.3 is 14.0 Å². The minimum absolute atomic E-state index is 0.656. The van der Waals surface area contributed by atoms with Crippen LogP contribution >= 0.6 is 0 Å². The summed E-state index contributed by atoms with van der Waals surface area (Å²) in [6, 6.07) is 23.3. The zero-order valence-corrected chi connectivity index (χ0v) is 20.5. The van der Waals surface area contributed by atoms with Gasteiger partial charge in [-0.3, -0.25) is 0 Å². The number of hydrogen-bond acceptors (Lipinski definition) is 3. The highest BCUT2D eigenvalue weighted by Gasteiger charge is 2.49. The highest BCUT2D eigenvalue weighted by molar-refractivity contribution is 7.02. The van der Waals surface area contributed by atoms with Crippen LogP contribution in [0.2, 0.25) is 38.3 Å². The Morgan fingerprint density at radius 1 is 0.704 bits per heavy atom. The maximum atomic E-state index is 7.17. The zero-order chi connectivity index (χ0) is 20.0. The quantitative estimate of drug-likeness (QED) is 0.593. The predicted molar refractivity (Wildman–Crippen MR) is 124 cm³/mol. The molecule has 2 N–H and O–H groups in total. The van der Waals surface area contributed by atoms with Crippen molar-refractivity contribution in [3.63, 3.8) is 0 Å². The Labute approximate surface area is 168 Å². The molecule has 0 heterocycles. The van der Waals surface area contributed by atoms with E-state index in [0.29, 0.717) is 6.54 Å². The van der Waals surface area contributed by atoms with Crippen LogP contribution in [-0.2, 0) is 8.23 Å². The number of rotatable bonds is 10. The van der Waals surface area contributed by atoms with Crippen LogP contribution < -0.4 is 16.1 Å². The smallest absolute Gasteiger partial charge is 0.386 e. The van der Waals surface area contributed by atoms with E-state index < -0.39 is 25.2 Å². The predicted octanol–water partition coefficient (Wildman–Crippen LogP) is 4.06. The lowest BCUT2D eigenvalue weighted by molar-refractivity contribution is 0.405. The first-order valence-electron chi connectivity index (χ1n) is 9.96. The number of hydrogen-bond donors (Lipinski definition) is 1. The first-order valence-corrected chi connectivity index (χ1v) is 18.0. The maximum absolute atomic E-state index is 7.17. The summed E-state index contributed by atoms with van der Waals surface area (Å²) in [5.74, 6) is 0. The fraction of sp³-hybridized carbons (Fsp3) is 0.429. The standard InChI is InChI=1S/C21H35NO2Si3/c1-6-18-25(2,3)23-27(20-13-9-7-10-14-20,21-15-11-8-12-16-21)24-26(4,5)19-17-22/h7-16H,6,17-19,22H2,1-5H3. The second-order valence-corrected chi connectivity index (χ2v) is 20.4. The first-order chi connectivity index (χ1) is 12.7. The van der Waals surface area contributed by atoms with E-state index >= 15 is 0 Å². The van der Waals surface area contributed by atoms with Crippen molar-refractivity contribution >= 4 is 35.6 Å². The van der Waals surface area contributed by atoms with Crippen LogP contribution in [0.4, 0.5) is 0 Å². The molecule has 0 saturated carbocycles. The molecular weight excluding hydrogens is 382 g/mol.